The molecule has 0 radical (unpaired) electrons. The van der Waals surface area contributed by atoms with Gasteiger partial charge in [0.05, 0.1) is 0 Å². The fraction of sp³-hybridized carbons (Fsp3) is 0.273. The molecule has 1 unspecified atom stereocenters. The Bertz CT molecular complexity index is 476. The second kappa shape index (κ2) is 4.48. The van der Waals surface area contributed by atoms with Crippen molar-refractivity contribution in [2.45, 2.75) is 19.4 Å². The predicted molar refractivity (Wildman–Crippen MR) is 55.2 cm³/mol. The van der Waals surface area contributed by atoms with Crippen molar-refractivity contribution in [1.29, 1.82) is 0 Å². The third kappa shape index (κ3) is 2.58. The first-order valence-corrected chi connectivity index (χ1v) is 4.75. The van der Waals surface area contributed by atoms with Crippen LogP contribution in [0.15, 0.2) is 18.2 Å². The monoisotopic (exact) mass is 243 g/mol. The van der Waals surface area contributed by atoms with E-state index in [0.29, 0.717) is 0 Å². The van der Waals surface area contributed by atoms with Crippen molar-refractivity contribution in [3.05, 3.63) is 35.4 Å². The summed E-state index contributed by atoms with van der Waals surface area (Å²) >= 11 is 0. The lowest BCUT2D eigenvalue weighted by atomic mass is 9.91. The van der Waals surface area contributed by atoms with Crippen molar-refractivity contribution in [2.24, 2.45) is 0 Å². The van der Waals surface area contributed by atoms with E-state index in [9.17, 15) is 18.4 Å². The van der Waals surface area contributed by atoms with Gasteiger partial charge in [-0.15, -0.1) is 0 Å². The largest absolute Gasteiger partial charge is 0.479 e. The van der Waals surface area contributed by atoms with Gasteiger partial charge in [0.25, 0.3) is 0 Å². The summed E-state index contributed by atoms with van der Waals surface area (Å²) in [6.45, 7) is 2.19. The number of aliphatic carboxylic acids is 1. The van der Waals surface area contributed by atoms with Crippen LogP contribution in [0.3, 0.4) is 0 Å². The van der Waals surface area contributed by atoms with Crippen molar-refractivity contribution in [3.63, 3.8) is 0 Å². The minimum absolute atomic E-state index is 0.430. The number of rotatable bonds is 3. The van der Waals surface area contributed by atoms with Gasteiger partial charge >= 0.3 is 5.97 Å². The van der Waals surface area contributed by atoms with Gasteiger partial charge in [-0.05, 0) is 25.1 Å². The number of carbonyl (C=O) groups is 2. The molecule has 0 aromatic heterocycles. The summed E-state index contributed by atoms with van der Waals surface area (Å²) in [7, 11) is 0. The average Bonchev–Trinajstić information content (AvgIpc) is 2.20. The van der Waals surface area contributed by atoms with Crippen LogP contribution in [0.4, 0.5) is 8.78 Å². The Balaban J connectivity index is 3.36. The molecular weight excluding hydrogens is 232 g/mol. The molecule has 6 heteroatoms. The van der Waals surface area contributed by atoms with Crippen LogP contribution < -0.4 is 5.32 Å². The highest BCUT2D eigenvalue weighted by molar-refractivity contribution is 5.86. The molecule has 1 rings (SSSR count). The van der Waals surface area contributed by atoms with E-state index in [4.69, 9.17) is 5.11 Å². The summed E-state index contributed by atoms with van der Waals surface area (Å²) in [5.74, 6) is -3.81. The number of nitrogens with one attached hydrogen (secondary N) is 1. The third-order valence-corrected chi connectivity index (χ3v) is 2.32. The molecule has 0 saturated carbocycles. The Morgan fingerprint density at radius 2 is 1.94 bits per heavy atom. The lowest BCUT2D eigenvalue weighted by molar-refractivity contribution is -0.147. The lowest BCUT2D eigenvalue weighted by Gasteiger charge is -2.26. The van der Waals surface area contributed by atoms with Crippen LogP contribution in [0, 0.1) is 11.6 Å². The minimum Gasteiger partial charge on any atom is -0.479 e. The number of carboxylic acid groups (broad SMARTS) is 1. The molecule has 1 aromatic rings. The molecule has 0 heterocycles. The molecule has 0 saturated heterocycles. The number of hydrogen-bond acceptors (Lipinski definition) is 2. The van der Waals surface area contributed by atoms with Gasteiger partial charge in [-0.25, -0.2) is 13.6 Å². The molecule has 0 aliphatic rings. The molecule has 1 amide bonds. The Labute approximate surface area is 96.3 Å². The summed E-state index contributed by atoms with van der Waals surface area (Å²) in [6.07, 6.45) is 0. The SMILES string of the molecule is CC(=O)NC(C)(C(=O)O)c1cc(F)ccc1F. The van der Waals surface area contributed by atoms with Crippen LogP contribution >= 0.6 is 0 Å². The zero-order chi connectivity index (χ0) is 13.2. The highest BCUT2D eigenvalue weighted by Gasteiger charge is 2.38. The Morgan fingerprint density at radius 3 is 2.41 bits per heavy atom. The van der Waals surface area contributed by atoms with Crippen molar-refractivity contribution < 1.29 is 23.5 Å². The van der Waals surface area contributed by atoms with E-state index >= 15 is 0 Å². The van der Waals surface area contributed by atoms with E-state index in [-0.39, 0.29) is 0 Å². The van der Waals surface area contributed by atoms with Gasteiger partial charge in [0.15, 0.2) is 5.54 Å². The number of carbonyl (C=O) groups excluding carboxylic acids is 1. The molecule has 0 aliphatic carbocycles. The number of halogens is 2. The maximum atomic E-state index is 13.5. The lowest BCUT2D eigenvalue weighted by Crippen LogP contribution is -2.49. The predicted octanol–water partition coefficient (Wildman–Crippen LogP) is 1.40. The summed E-state index contributed by atoms with van der Waals surface area (Å²) in [6, 6.07) is 2.43. The molecule has 2 N–H and O–H groups in total. The topological polar surface area (TPSA) is 66.4 Å². The molecule has 92 valence electrons. The van der Waals surface area contributed by atoms with E-state index in [1.54, 1.807) is 0 Å². The van der Waals surface area contributed by atoms with Crippen LogP contribution in [0.25, 0.3) is 0 Å². The second-order valence-electron chi connectivity index (χ2n) is 3.74. The van der Waals surface area contributed by atoms with Gasteiger partial charge in [0, 0.05) is 12.5 Å². The number of carboxylic acids is 1. The first kappa shape index (κ1) is 13.1. The Hall–Kier alpha value is -1.98. The molecule has 17 heavy (non-hydrogen) atoms. The molecule has 0 aliphatic heterocycles. The zero-order valence-corrected chi connectivity index (χ0v) is 9.25. The first-order valence-electron chi connectivity index (χ1n) is 4.75. The van der Waals surface area contributed by atoms with Crippen LogP contribution in [0.5, 0.6) is 0 Å². The molecule has 4 nitrogen and oxygen atoms in total. The third-order valence-electron chi connectivity index (χ3n) is 2.32. The van der Waals surface area contributed by atoms with Crippen LogP contribution in [-0.2, 0) is 15.1 Å². The molecule has 0 spiro atoms. The Kier molecular flexibility index (Phi) is 3.45. The van der Waals surface area contributed by atoms with E-state index < -0.39 is 34.6 Å². The van der Waals surface area contributed by atoms with Gasteiger partial charge in [0.1, 0.15) is 11.6 Å². The van der Waals surface area contributed by atoms with E-state index in [1.807, 2.05) is 0 Å². The quantitative estimate of drug-likeness (QED) is 0.843. The summed E-state index contributed by atoms with van der Waals surface area (Å²) in [4.78, 5) is 22.1. The highest BCUT2D eigenvalue weighted by Crippen LogP contribution is 2.25. The average molecular weight is 243 g/mol. The second-order valence-corrected chi connectivity index (χ2v) is 3.74. The maximum Gasteiger partial charge on any atom is 0.333 e. The van der Waals surface area contributed by atoms with Gasteiger partial charge in [-0.2, -0.15) is 0 Å². The fourth-order valence-electron chi connectivity index (χ4n) is 1.47. The number of hydrogen-bond donors (Lipinski definition) is 2. The van der Waals surface area contributed by atoms with Crippen molar-refractivity contribution in [1.82, 2.24) is 5.32 Å². The van der Waals surface area contributed by atoms with Crippen molar-refractivity contribution in [2.75, 3.05) is 0 Å². The summed E-state index contributed by atoms with van der Waals surface area (Å²) < 4.78 is 26.5. The first-order chi connectivity index (χ1) is 7.77. The number of amides is 1. The van der Waals surface area contributed by atoms with Crippen LogP contribution in [-0.4, -0.2) is 17.0 Å². The van der Waals surface area contributed by atoms with Crippen LogP contribution in [0.1, 0.15) is 19.4 Å². The normalized spacial score (nSPS) is 13.9. The van der Waals surface area contributed by atoms with Crippen LogP contribution in [0.2, 0.25) is 0 Å². The summed E-state index contributed by atoms with van der Waals surface area (Å²) in [5, 5.41) is 11.1. The van der Waals surface area contributed by atoms with E-state index in [1.165, 1.54) is 0 Å². The van der Waals surface area contributed by atoms with Gasteiger partial charge in [0.2, 0.25) is 5.91 Å². The highest BCUT2D eigenvalue weighted by atomic mass is 19.1. The zero-order valence-electron chi connectivity index (χ0n) is 9.25. The molecule has 1 atom stereocenters. The maximum absolute atomic E-state index is 13.5. The number of benzene rings is 1. The molecular formula is C11H11F2NO3. The van der Waals surface area contributed by atoms with Gasteiger partial charge < -0.3 is 10.4 Å². The standard InChI is InChI=1S/C11H11F2NO3/c1-6(15)14-11(2,10(16)17)8-5-7(12)3-4-9(8)13/h3-5H,1-2H3,(H,14,15)(H,16,17). The van der Waals surface area contributed by atoms with Crippen molar-refractivity contribution in [3.8, 4) is 0 Å². The molecule has 1 aromatic carbocycles. The van der Waals surface area contributed by atoms with Gasteiger partial charge in [-0.3, -0.25) is 4.79 Å². The fourth-order valence-corrected chi connectivity index (χ4v) is 1.47. The molecule has 0 bridgehead atoms. The van der Waals surface area contributed by atoms with Crippen molar-refractivity contribution >= 4 is 11.9 Å². The van der Waals surface area contributed by atoms with E-state index in [2.05, 4.69) is 5.32 Å². The smallest absolute Gasteiger partial charge is 0.333 e. The molecule has 0 fully saturated rings. The minimum atomic E-state index is -2.00. The van der Waals surface area contributed by atoms with E-state index in [0.717, 1.165) is 32.0 Å². The Morgan fingerprint density at radius 1 is 1.35 bits per heavy atom. The summed E-state index contributed by atoms with van der Waals surface area (Å²) in [5.41, 5.74) is -2.43. The van der Waals surface area contributed by atoms with Gasteiger partial charge in [-0.1, -0.05) is 0 Å².